The van der Waals surface area contributed by atoms with Crippen LogP contribution in [0.3, 0.4) is 0 Å². The molecule has 7 heteroatoms. The van der Waals surface area contributed by atoms with Crippen molar-refractivity contribution >= 4 is 5.91 Å². The normalized spacial score (nSPS) is 15.6. The lowest BCUT2D eigenvalue weighted by Gasteiger charge is -2.22. The van der Waals surface area contributed by atoms with Gasteiger partial charge in [-0.3, -0.25) is 4.79 Å². The first kappa shape index (κ1) is 19.4. The number of para-hydroxylation sites is 1. The van der Waals surface area contributed by atoms with Gasteiger partial charge < -0.3 is 19.5 Å². The van der Waals surface area contributed by atoms with Gasteiger partial charge in [-0.05, 0) is 18.1 Å². The lowest BCUT2D eigenvalue weighted by molar-refractivity contribution is -0.123. The van der Waals surface area contributed by atoms with Crippen LogP contribution in [0.4, 0.5) is 0 Å². The van der Waals surface area contributed by atoms with Crippen LogP contribution in [0.15, 0.2) is 30.3 Å². The van der Waals surface area contributed by atoms with E-state index in [1.807, 2.05) is 30.3 Å². The van der Waals surface area contributed by atoms with Crippen LogP contribution >= 0.6 is 0 Å². The molecule has 1 aliphatic rings. The molecule has 1 aromatic carbocycles. The predicted molar refractivity (Wildman–Crippen MR) is 103 cm³/mol. The minimum absolute atomic E-state index is 0.00626. The molecule has 1 N–H and O–H groups in total. The zero-order chi connectivity index (χ0) is 19.1. The Balaban J connectivity index is 1.48. The molecule has 2 aromatic rings. The largest absolute Gasteiger partial charge is 0.484 e. The number of carbonyl (C=O) groups is 1. The molecule has 0 saturated carbocycles. The van der Waals surface area contributed by atoms with Gasteiger partial charge in [0.25, 0.3) is 5.91 Å². The second-order valence-corrected chi connectivity index (χ2v) is 7.13. The van der Waals surface area contributed by atoms with Gasteiger partial charge in [0.1, 0.15) is 11.6 Å². The summed E-state index contributed by atoms with van der Waals surface area (Å²) < 4.78 is 7.62. The fourth-order valence-corrected chi connectivity index (χ4v) is 3.20. The molecule has 1 amide bonds. The van der Waals surface area contributed by atoms with Crippen molar-refractivity contribution in [2.75, 3.05) is 26.2 Å². The molecule has 0 radical (unpaired) electrons. The standard InChI is InChI=1S/C20H29N5O2/c1-3-16(2)14-24-10-9-18-22-23-19(25(18)12-11-24)13-21-20(26)15-27-17-7-5-4-6-8-17/h4-8,16H,3,9-15H2,1-2H3,(H,21,26)/t16-/m1/s1. The van der Waals surface area contributed by atoms with Crippen LogP contribution < -0.4 is 10.1 Å². The van der Waals surface area contributed by atoms with Crippen LogP contribution in [0.25, 0.3) is 0 Å². The molecule has 27 heavy (non-hydrogen) atoms. The highest BCUT2D eigenvalue weighted by atomic mass is 16.5. The minimum Gasteiger partial charge on any atom is -0.484 e. The Bertz CT molecular complexity index is 731. The summed E-state index contributed by atoms with van der Waals surface area (Å²) in [5.41, 5.74) is 0. The van der Waals surface area contributed by atoms with E-state index in [-0.39, 0.29) is 12.5 Å². The Hall–Kier alpha value is -2.41. The monoisotopic (exact) mass is 371 g/mol. The molecule has 1 atom stereocenters. The summed E-state index contributed by atoms with van der Waals surface area (Å²) in [7, 11) is 0. The maximum absolute atomic E-state index is 12.1. The summed E-state index contributed by atoms with van der Waals surface area (Å²) in [4.78, 5) is 14.6. The Morgan fingerprint density at radius 1 is 1.22 bits per heavy atom. The van der Waals surface area contributed by atoms with Crippen LogP contribution in [0.1, 0.15) is 31.9 Å². The zero-order valence-corrected chi connectivity index (χ0v) is 16.2. The summed E-state index contributed by atoms with van der Waals surface area (Å²) in [6.07, 6.45) is 2.10. The third-order valence-electron chi connectivity index (χ3n) is 5.02. The lowest BCUT2D eigenvalue weighted by Crippen LogP contribution is -2.32. The topological polar surface area (TPSA) is 72.3 Å². The van der Waals surface area contributed by atoms with Crippen molar-refractivity contribution in [3.8, 4) is 5.75 Å². The number of ether oxygens (including phenoxy) is 1. The van der Waals surface area contributed by atoms with Gasteiger partial charge in [-0.2, -0.15) is 0 Å². The Labute approximate surface area is 160 Å². The molecule has 7 nitrogen and oxygen atoms in total. The van der Waals surface area contributed by atoms with Crippen molar-refractivity contribution in [3.05, 3.63) is 42.0 Å². The lowest BCUT2D eigenvalue weighted by atomic mass is 10.1. The number of carbonyl (C=O) groups excluding carboxylic acids is 1. The molecular weight excluding hydrogens is 342 g/mol. The molecule has 0 fully saturated rings. The van der Waals surface area contributed by atoms with E-state index in [2.05, 4.69) is 38.8 Å². The van der Waals surface area contributed by atoms with Gasteiger partial charge >= 0.3 is 0 Å². The van der Waals surface area contributed by atoms with E-state index < -0.39 is 0 Å². The number of nitrogens with one attached hydrogen (secondary N) is 1. The summed E-state index contributed by atoms with van der Waals surface area (Å²) in [6.45, 7) is 8.89. The zero-order valence-electron chi connectivity index (χ0n) is 16.2. The maximum Gasteiger partial charge on any atom is 0.258 e. The fraction of sp³-hybridized carbons (Fsp3) is 0.550. The van der Waals surface area contributed by atoms with E-state index in [1.54, 1.807) is 0 Å². The molecule has 1 aromatic heterocycles. The number of fused-ring (bicyclic) bond motifs is 1. The van der Waals surface area contributed by atoms with E-state index in [4.69, 9.17) is 4.74 Å². The van der Waals surface area contributed by atoms with Gasteiger partial charge in [0.15, 0.2) is 12.4 Å². The number of benzene rings is 1. The van der Waals surface area contributed by atoms with Crippen LogP contribution in [0, 0.1) is 5.92 Å². The van der Waals surface area contributed by atoms with E-state index in [9.17, 15) is 4.79 Å². The Kier molecular flexibility index (Phi) is 6.81. The quantitative estimate of drug-likeness (QED) is 0.767. The van der Waals surface area contributed by atoms with Gasteiger partial charge in [0.2, 0.25) is 0 Å². The first-order valence-electron chi connectivity index (χ1n) is 9.73. The summed E-state index contributed by atoms with van der Waals surface area (Å²) in [6, 6.07) is 9.33. The van der Waals surface area contributed by atoms with Crippen molar-refractivity contribution in [2.24, 2.45) is 5.92 Å². The molecule has 146 valence electrons. The van der Waals surface area contributed by atoms with Crippen LogP contribution in [0.2, 0.25) is 0 Å². The van der Waals surface area contributed by atoms with Crippen molar-refractivity contribution < 1.29 is 9.53 Å². The van der Waals surface area contributed by atoms with Crippen LogP contribution in [0.5, 0.6) is 5.75 Å². The number of hydrogen-bond donors (Lipinski definition) is 1. The number of aromatic nitrogens is 3. The number of amides is 1. The summed E-state index contributed by atoms with van der Waals surface area (Å²) in [5, 5.41) is 11.5. The Morgan fingerprint density at radius 3 is 2.81 bits per heavy atom. The molecular formula is C20H29N5O2. The van der Waals surface area contributed by atoms with Gasteiger partial charge in [0.05, 0.1) is 6.54 Å². The number of hydrogen-bond acceptors (Lipinski definition) is 5. The van der Waals surface area contributed by atoms with Gasteiger partial charge in [-0.1, -0.05) is 38.5 Å². The number of rotatable bonds is 8. The molecule has 3 rings (SSSR count). The first-order chi connectivity index (χ1) is 13.2. The SMILES string of the molecule is CC[C@@H](C)CN1CCc2nnc(CNC(=O)COc3ccccc3)n2CC1. The van der Waals surface area contributed by atoms with E-state index in [0.717, 1.165) is 44.2 Å². The average molecular weight is 371 g/mol. The average Bonchev–Trinajstić information content (AvgIpc) is 2.98. The molecule has 2 heterocycles. The smallest absolute Gasteiger partial charge is 0.258 e. The second kappa shape index (κ2) is 9.50. The van der Waals surface area contributed by atoms with Gasteiger partial charge in [-0.15, -0.1) is 10.2 Å². The molecule has 0 aliphatic carbocycles. The highest BCUT2D eigenvalue weighted by molar-refractivity contribution is 5.77. The van der Waals surface area contributed by atoms with E-state index in [0.29, 0.717) is 18.2 Å². The van der Waals surface area contributed by atoms with Crippen molar-refractivity contribution in [3.63, 3.8) is 0 Å². The van der Waals surface area contributed by atoms with Crippen molar-refractivity contribution in [1.29, 1.82) is 0 Å². The molecule has 0 bridgehead atoms. The fourth-order valence-electron chi connectivity index (χ4n) is 3.20. The Morgan fingerprint density at radius 2 is 2.04 bits per heavy atom. The highest BCUT2D eigenvalue weighted by Gasteiger charge is 2.19. The second-order valence-electron chi connectivity index (χ2n) is 7.13. The molecule has 1 aliphatic heterocycles. The van der Waals surface area contributed by atoms with Crippen LogP contribution in [-0.2, 0) is 24.3 Å². The molecule has 0 saturated heterocycles. The third-order valence-corrected chi connectivity index (χ3v) is 5.02. The third kappa shape index (κ3) is 5.53. The predicted octanol–water partition coefficient (Wildman–Crippen LogP) is 1.88. The van der Waals surface area contributed by atoms with E-state index in [1.165, 1.54) is 6.42 Å². The van der Waals surface area contributed by atoms with Crippen molar-refractivity contribution in [2.45, 2.75) is 39.8 Å². The van der Waals surface area contributed by atoms with Gasteiger partial charge in [0, 0.05) is 32.6 Å². The molecule has 0 spiro atoms. The van der Waals surface area contributed by atoms with E-state index >= 15 is 0 Å². The minimum atomic E-state index is -0.164. The number of nitrogens with zero attached hydrogens (tertiary/aromatic N) is 4. The maximum atomic E-state index is 12.1. The first-order valence-corrected chi connectivity index (χ1v) is 9.73. The summed E-state index contributed by atoms with van der Waals surface area (Å²) in [5.74, 6) is 3.04. The summed E-state index contributed by atoms with van der Waals surface area (Å²) >= 11 is 0. The van der Waals surface area contributed by atoms with Crippen molar-refractivity contribution in [1.82, 2.24) is 25.0 Å². The molecule has 0 unspecified atom stereocenters. The van der Waals surface area contributed by atoms with Gasteiger partial charge in [-0.25, -0.2) is 0 Å². The van der Waals surface area contributed by atoms with Crippen LogP contribution in [-0.4, -0.2) is 51.8 Å². The highest BCUT2D eigenvalue weighted by Crippen LogP contribution is 2.12.